The SMILES string of the molecule is CCN1CCN(C(=O)c2ncccc2C)C[C@H]1c1ncc[nH]1. The molecule has 0 bridgehead atoms. The number of carbonyl (C=O) groups is 1. The van der Waals surface area contributed by atoms with E-state index in [-0.39, 0.29) is 11.9 Å². The maximum Gasteiger partial charge on any atom is 0.272 e. The van der Waals surface area contributed by atoms with Crippen LogP contribution < -0.4 is 0 Å². The predicted octanol–water partition coefficient (Wildman–Crippen LogP) is 1.63. The summed E-state index contributed by atoms with van der Waals surface area (Å²) < 4.78 is 0. The number of amides is 1. The highest BCUT2D eigenvalue weighted by Gasteiger charge is 2.32. The lowest BCUT2D eigenvalue weighted by Crippen LogP contribution is -2.50. The molecule has 2 aromatic heterocycles. The Bertz CT molecular complexity index is 640. The van der Waals surface area contributed by atoms with E-state index in [1.807, 2.05) is 30.2 Å². The maximum absolute atomic E-state index is 12.7. The summed E-state index contributed by atoms with van der Waals surface area (Å²) in [6.45, 7) is 7.20. The Morgan fingerprint density at radius 2 is 2.23 bits per heavy atom. The fourth-order valence-electron chi connectivity index (χ4n) is 2.96. The average Bonchev–Trinajstić information content (AvgIpc) is 3.08. The Morgan fingerprint density at radius 1 is 1.36 bits per heavy atom. The Morgan fingerprint density at radius 3 is 2.91 bits per heavy atom. The normalized spacial score (nSPS) is 19.4. The quantitative estimate of drug-likeness (QED) is 0.935. The third kappa shape index (κ3) is 2.74. The summed E-state index contributed by atoms with van der Waals surface area (Å²) in [5.41, 5.74) is 1.46. The van der Waals surface area contributed by atoms with Crippen molar-refractivity contribution < 1.29 is 4.79 Å². The summed E-state index contributed by atoms with van der Waals surface area (Å²) in [6, 6.07) is 3.89. The smallest absolute Gasteiger partial charge is 0.272 e. The van der Waals surface area contributed by atoms with Crippen LogP contribution >= 0.6 is 0 Å². The highest BCUT2D eigenvalue weighted by atomic mass is 16.2. The number of hydrogen-bond acceptors (Lipinski definition) is 4. The van der Waals surface area contributed by atoms with Crippen LogP contribution in [0, 0.1) is 6.92 Å². The molecule has 0 radical (unpaired) electrons. The van der Waals surface area contributed by atoms with Gasteiger partial charge in [0.2, 0.25) is 0 Å². The molecule has 6 nitrogen and oxygen atoms in total. The van der Waals surface area contributed by atoms with Crippen molar-refractivity contribution in [3.05, 3.63) is 47.8 Å². The van der Waals surface area contributed by atoms with Crippen molar-refractivity contribution in [2.24, 2.45) is 0 Å². The number of pyridine rings is 1. The Balaban J connectivity index is 1.81. The average molecular weight is 299 g/mol. The predicted molar refractivity (Wildman–Crippen MR) is 83.5 cm³/mol. The van der Waals surface area contributed by atoms with Gasteiger partial charge in [-0.15, -0.1) is 0 Å². The summed E-state index contributed by atoms with van der Waals surface area (Å²) in [4.78, 5) is 28.8. The largest absolute Gasteiger partial charge is 0.347 e. The van der Waals surface area contributed by atoms with E-state index >= 15 is 0 Å². The van der Waals surface area contributed by atoms with Crippen LogP contribution in [0.2, 0.25) is 0 Å². The number of nitrogens with one attached hydrogen (secondary N) is 1. The second-order valence-electron chi connectivity index (χ2n) is 5.54. The van der Waals surface area contributed by atoms with E-state index in [0.29, 0.717) is 12.2 Å². The molecule has 2 aromatic rings. The number of likely N-dealkylation sites (N-methyl/N-ethyl adjacent to an activating group) is 1. The van der Waals surface area contributed by atoms with E-state index in [1.165, 1.54) is 0 Å². The Hall–Kier alpha value is -2.21. The molecular weight excluding hydrogens is 278 g/mol. The fraction of sp³-hybridized carbons (Fsp3) is 0.438. The van der Waals surface area contributed by atoms with Crippen LogP contribution in [0.25, 0.3) is 0 Å². The highest BCUT2D eigenvalue weighted by Crippen LogP contribution is 2.23. The molecule has 1 N–H and O–H groups in total. The minimum atomic E-state index is 0.00501. The molecule has 1 aliphatic rings. The number of nitrogens with zero attached hydrogens (tertiary/aromatic N) is 4. The van der Waals surface area contributed by atoms with E-state index < -0.39 is 0 Å². The van der Waals surface area contributed by atoms with Gasteiger partial charge in [0, 0.05) is 38.2 Å². The lowest BCUT2D eigenvalue weighted by molar-refractivity contribution is 0.0474. The highest BCUT2D eigenvalue weighted by molar-refractivity contribution is 5.93. The lowest BCUT2D eigenvalue weighted by atomic mass is 10.1. The van der Waals surface area contributed by atoms with Crippen LogP contribution in [0.5, 0.6) is 0 Å². The van der Waals surface area contributed by atoms with Gasteiger partial charge in [-0.2, -0.15) is 0 Å². The second kappa shape index (κ2) is 6.27. The molecule has 22 heavy (non-hydrogen) atoms. The summed E-state index contributed by atoms with van der Waals surface area (Å²) in [7, 11) is 0. The molecule has 1 fully saturated rings. The second-order valence-corrected chi connectivity index (χ2v) is 5.54. The zero-order chi connectivity index (χ0) is 15.5. The van der Waals surface area contributed by atoms with Gasteiger partial charge in [0.15, 0.2) is 0 Å². The Kier molecular flexibility index (Phi) is 4.20. The van der Waals surface area contributed by atoms with Crippen molar-refractivity contribution >= 4 is 5.91 Å². The maximum atomic E-state index is 12.7. The molecule has 0 saturated carbocycles. The molecule has 3 rings (SSSR count). The van der Waals surface area contributed by atoms with Crippen molar-refractivity contribution in [2.45, 2.75) is 19.9 Å². The number of aromatic nitrogens is 3. The molecule has 116 valence electrons. The molecule has 0 unspecified atom stereocenters. The first kappa shape index (κ1) is 14.7. The number of aromatic amines is 1. The Labute approximate surface area is 130 Å². The first-order valence-corrected chi connectivity index (χ1v) is 7.65. The van der Waals surface area contributed by atoms with Crippen LogP contribution in [-0.4, -0.2) is 56.8 Å². The minimum absolute atomic E-state index is 0.00501. The topological polar surface area (TPSA) is 65.1 Å². The van der Waals surface area contributed by atoms with Crippen molar-refractivity contribution in [1.29, 1.82) is 0 Å². The molecular formula is C16H21N5O. The van der Waals surface area contributed by atoms with Crippen molar-refractivity contribution in [3.63, 3.8) is 0 Å². The number of aryl methyl sites for hydroxylation is 1. The first-order chi connectivity index (χ1) is 10.7. The number of hydrogen-bond donors (Lipinski definition) is 1. The molecule has 6 heteroatoms. The third-order valence-corrected chi connectivity index (χ3v) is 4.23. The number of rotatable bonds is 3. The van der Waals surface area contributed by atoms with Crippen LogP contribution in [-0.2, 0) is 0 Å². The van der Waals surface area contributed by atoms with Crippen LogP contribution in [0.1, 0.15) is 34.8 Å². The van der Waals surface area contributed by atoms with Gasteiger partial charge >= 0.3 is 0 Å². The summed E-state index contributed by atoms with van der Waals surface area (Å²) in [5, 5.41) is 0. The molecule has 1 aliphatic heterocycles. The van der Waals surface area contributed by atoms with Crippen LogP contribution in [0.15, 0.2) is 30.7 Å². The van der Waals surface area contributed by atoms with Gasteiger partial charge < -0.3 is 9.88 Å². The van der Waals surface area contributed by atoms with Gasteiger partial charge in [0.25, 0.3) is 5.91 Å². The van der Waals surface area contributed by atoms with Crippen molar-refractivity contribution in [3.8, 4) is 0 Å². The molecule has 1 amide bonds. The summed E-state index contributed by atoms with van der Waals surface area (Å²) in [6.07, 6.45) is 5.26. The standard InChI is InChI=1S/C16H21N5O/c1-3-20-9-10-21(11-13(20)15-18-7-8-19-15)16(22)14-12(2)5-4-6-17-14/h4-8,13H,3,9-11H2,1-2H3,(H,18,19)/t13-/m0/s1. The fourth-order valence-corrected chi connectivity index (χ4v) is 2.96. The van der Waals surface area contributed by atoms with Gasteiger partial charge in [-0.25, -0.2) is 4.98 Å². The van der Waals surface area contributed by atoms with E-state index in [1.54, 1.807) is 12.4 Å². The summed E-state index contributed by atoms with van der Waals surface area (Å²) in [5.74, 6) is 0.919. The molecule has 1 saturated heterocycles. The van der Waals surface area contributed by atoms with Crippen LogP contribution in [0.3, 0.4) is 0 Å². The number of carbonyl (C=O) groups excluding carboxylic acids is 1. The molecule has 0 aliphatic carbocycles. The molecule has 1 atom stereocenters. The van der Waals surface area contributed by atoms with Gasteiger partial charge in [0.05, 0.1) is 6.04 Å². The van der Waals surface area contributed by atoms with Gasteiger partial charge in [-0.3, -0.25) is 14.7 Å². The van der Waals surface area contributed by atoms with Crippen molar-refractivity contribution in [1.82, 2.24) is 24.8 Å². The molecule has 0 aromatic carbocycles. The number of piperazine rings is 1. The molecule has 0 spiro atoms. The first-order valence-electron chi connectivity index (χ1n) is 7.65. The third-order valence-electron chi connectivity index (χ3n) is 4.23. The van der Waals surface area contributed by atoms with Crippen molar-refractivity contribution in [2.75, 3.05) is 26.2 Å². The number of imidazole rings is 1. The van der Waals surface area contributed by atoms with Gasteiger partial charge in [-0.05, 0) is 25.1 Å². The number of H-pyrrole nitrogens is 1. The lowest BCUT2D eigenvalue weighted by Gasteiger charge is -2.40. The zero-order valence-electron chi connectivity index (χ0n) is 13.0. The monoisotopic (exact) mass is 299 g/mol. The summed E-state index contributed by atoms with van der Waals surface area (Å²) >= 11 is 0. The van der Waals surface area contributed by atoms with E-state index in [0.717, 1.165) is 31.0 Å². The van der Waals surface area contributed by atoms with E-state index in [4.69, 9.17) is 0 Å². The van der Waals surface area contributed by atoms with E-state index in [9.17, 15) is 4.79 Å². The van der Waals surface area contributed by atoms with Gasteiger partial charge in [-0.1, -0.05) is 13.0 Å². The van der Waals surface area contributed by atoms with Gasteiger partial charge in [0.1, 0.15) is 11.5 Å². The minimum Gasteiger partial charge on any atom is -0.347 e. The molecule has 3 heterocycles. The van der Waals surface area contributed by atoms with E-state index in [2.05, 4.69) is 26.8 Å². The van der Waals surface area contributed by atoms with Crippen LogP contribution in [0.4, 0.5) is 0 Å². The zero-order valence-corrected chi connectivity index (χ0v) is 13.0.